The Morgan fingerprint density at radius 1 is 0.935 bits per heavy atom. The third-order valence-corrected chi connectivity index (χ3v) is 4.01. The fourth-order valence-electron chi connectivity index (χ4n) is 2.49. The van der Waals surface area contributed by atoms with Crippen LogP contribution in [0.4, 0.5) is 5.69 Å². The van der Waals surface area contributed by atoms with Gasteiger partial charge in [-0.05, 0) is 47.5 Å². The average Bonchev–Trinajstić information content (AvgIpc) is 2.79. The number of nitrogens with one attached hydrogen (secondary N) is 1. The van der Waals surface area contributed by atoms with E-state index in [0.717, 1.165) is 5.56 Å². The van der Waals surface area contributed by atoms with Gasteiger partial charge in [0.15, 0.2) is 0 Å². The van der Waals surface area contributed by atoms with E-state index in [1.54, 1.807) is 30.3 Å². The monoisotopic (exact) mass is 415 g/mol. The third kappa shape index (κ3) is 6.47. The SMILES string of the molecule is O=C(/C=C/c1ccccc1)Oc1ccc(/C=N/NC(=O)c2cccc([N+](=O)[O-])c2)cc1. The first-order valence-corrected chi connectivity index (χ1v) is 9.14. The minimum Gasteiger partial charge on any atom is -0.423 e. The van der Waals surface area contributed by atoms with Gasteiger partial charge in [-0.2, -0.15) is 5.10 Å². The number of hydrogen-bond acceptors (Lipinski definition) is 6. The molecule has 0 unspecified atom stereocenters. The zero-order valence-corrected chi connectivity index (χ0v) is 16.2. The van der Waals surface area contributed by atoms with Gasteiger partial charge in [0.1, 0.15) is 5.75 Å². The normalized spacial score (nSPS) is 10.8. The van der Waals surface area contributed by atoms with Gasteiger partial charge in [-0.15, -0.1) is 0 Å². The summed E-state index contributed by atoms with van der Waals surface area (Å²) in [4.78, 5) is 34.1. The van der Waals surface area contributed by atoms with Crippen LogP contribution in [-0.2, 0) is 4.79 Å². The predicted octanol–water partition coefficient (Wildman–Crippen LogP) is 3.98. The molecule has 0 bridgehead atoms. The first-order chi connectivity index (χ1) is 15.0. The maximum absolute atomic E-state index is 12.0. The van der Waals surface area contributed by atoms with E-state index in [-0.39, 0.29) is 11.3 Å². The van der Waals surface area contributed by atoms with Gasteiger partial charge < -0.3 is 4.74 Å². The molecule has 0 aliphatic carbocycles. The van der Waals surface area contributed by atoms with Gasteiger partial charge in [-0.3, -0.25) is 14.9 Å². The molecule has 0 aliphatic rings. The van der Waals surface area contributed by atoms with E-state index in [1.165, 1.54) is 36.6 Å². The van der Waals surface area contributed by atoms with E-state index in [2.05, 4.69) is 10.5 Å². The fraction of sp³-hybridized carbons (Fsp3) is 0. The number of nitrogens with zero attached hydrogens (tertiary/aromatic N) is 2. The van der Waals surface area contributed by atoms with Crippen molar-refractivity contribution in [2.75, 3.05) is 0 Å². The lowest BCUT2D eigenvalue weighted by Gasteiger charge is -2.02. The summed E-state index contributed by atoms with van der Waals surface area (Å²) >= 11 is 0. The van der Waals surface area contributed by atoms with Gasteiger partial charge in [-0.1, -0.05) is 36.4 Å². The second kappa shape index (κ2) is 10.3. The Balaban J connectivity index is 1.53. The van der Waals surface area contributed by atoms with Crippen LogP contribution in [0.5, 0.6) is 5.75 Å². The molecule has 0 radical (unpaired) electrons. The minimum atomic E-state index is -0.577. The standard InChI is InChI=1S/C23H17N3O5/c27-22(14-11-17-5-2-1-3-6-17)31-21-12-9-18(10-13-21)16-24-25-23(28)19-7-4-8-20(15-19)26(29)30/h1-16H,(H,25,28)/b14-11+,24-16+. The van der Waals surface area contributed by atoms with Crippen molar-refractivity contribution < 1.29 is 19.2 Å². The van der Waals surface area contributed by atoms with Crippen molar-refractivity contribution in [2.45, 2.75) is 0 Å². The molecule has 3 rings (SSSR count). The molecular formula is C23H17N3O5. The predicted molar refractivity (Wildman–Crippen MR) is 116 cm³/mol. The van der Waals surface area contributed by atoms with Crippen LogP contribution < -0.4 is 10.2 Å². The van der Waals surface area contributed by atoms with Crippen molar-refractivity contribution in [1.29, 1.82) is 0 Å². The Kier molecular flexibility index (Phi) is 6.99. The number of rotatable bonds is 7. The summed E-state index contributed by atoms with van der Waals surface area (Å²) in [5, 5.41) is 14.6. The first-order valence-electron chi connectivity index (χ1n) is 9.14. The van der Waals surface area contributed by atoms with Gasteiger partial charge in [0.05, 0.1) is 11.1 Å². The summed E-state index contributed by atoms with van der Waals surface area (Å²) in [6.45, 7) is 0. The quantitative estimate of drug-likeness (QED) is 0.157. The molecule has 1 N–H and O–H groups in total. The minimum absolute atomic E-state index is 0.122. The number of benzene rings is 3. The van der Waals surface area contributed by atoms with Crippen LogP contribution in [-0.4, -0.2) is 23.0 Å². The number of esters is 1. The van der Waals surface area contributed by atoms with E-state index in [9.17, 15) is 19.7 Å². The number of hydrazone groups is 1. The zero-order valence-electron chi connectivity index (χ0n) is 16.2. The van der Waals surface area contributed by atoms with E-state index < -0.39 is 16.8 Å². The molecule has 1 amide bonds. The van der Waals surface area contributed by atoms with E-state index >= 15 is 0 Å². The summed E-state index contributed by atoms with van der Waals surface area (Å²) in [6, 6.07) is 21.2. The van der Waals surface area contributed by atoms with Crippen molar-refractivity contribution in [3.8, 4) is 5.75 Å². The third-order valence-electron chi connectivity index (χ3n) is 4.01. The molecule has 0 aliphatic heterocycles. The number of nitro benzene ring substituents is 1. The van der Waals surface area contributed by atoms with Crippen molar-refractivity contribution in [3.63, 3.8) is 0 Å². The average molecular weight is 415 g/mol. The molecule has 8 nitrogen and oxygen atoms in total. The molecule has 0 saturated heterocycles. The summed E-state index contributed by atoms with van der Waals surface area (Å²) in [6.07, 6.45) is 4.40. The topological polar surface area (TPSA) is 111 Å². The maximum Gasteiger partial charge on any atom is 0.336 e. The van der Waals surface area contributed by atoms with Crippen molar-refractivity contribution in [1.82, 2.24) is 5.43 Å². The van der Waals surface area contributed by atoms with Crippen molar-refractivity contribution >= 4 is 29.9 Å². The molecule has 3 aromatic carbocycles. The van der Waals surface area contributed by atoms with E-state index in [0.29, 0.717) is 11.3 Å². The van der Waals surface area contributed by atoms with Gasteiger partial charge in [-0.25, -0.2) is 10.2 Å². The highest BCUT2D eigenvalue weighted by Gasteiger charge is 2.10. The molecule has 154 valence electrons. The first kappa shape index (κ1) is 21.1. The molecule has 0 atom stereocenters. The highest BCUT2D eigenvalue weighted by Crippen LogP contribution is 2.14. The molecule has 0 heterocycles. The Labute approximate surface area is 177 Å². The maximum atomic E-state index is 12.0. The number of carbonyl (C=O) groups is 2. The van der Waals surface area contributed by atoms with Crippen LogP contribution in [0.3, 0.4) is 0 Å². The van der Waals surface area contributed by atoms with Gasteiger partial charge in [0.25, 0.3) is 11.6 Å². The summed E-state index contributed by atoms with van der Waals surface area (Å²) in [7, 11) is 0. The number of hydrogen-bond donors (Lipinski definition) is 1. The summed E-state index contributed by atoms with van der Waals surface area (Å²) in [5.41, 5.74) is 3.79. The molecule has 0 aromatic heterocycles. The fourth-order valence-corrected chi connectivity index (χ4v) is 2.49. The largest absolute Gasteiger partial charge is 0.423 e. The Hall–Kier alpha value is -4.59. The Bertz CT molecular complexity index is 1140. The lowest BCUT2D eigenvalue weighted by atomic mass is 10.2. The summed E-state index contributed by atoms with van der Waals surface area (Å²) < 4.78 is 5.23. The molecule has 0 fully saturated rings. The molecule has 31 heavy (non-hydrogen) atoms. The summed E-state index contributed by atoms with van der Waals surface area (Å²) in [5.74, 6) is -0.717. The van der Waals surface area contributed by atoms with Crippen molar-refractivity contribution in [3.05, 3.63) is 112 Å². The van der Waals surface area contributed by atoms with Crippen LogP contribution in [0, 0.1) is 10.1 Å². The van der Waals surface area contributed by atoms with Gasteiger partial charge >= 0.3 is 5.97 Å². The highest BCUT2D eigenvalue weighted by atomic mass is 16.6. The number of non-ortho nitro benzene ring substituents is 1. The van der Waals surface area contributed by atoms with Crippen molar-refractivity contribution in [2.24, 2.45) is 5.10 Å². The molecule has 0 spiro atoms. The smallest absolute Gasteiger partial charge is 0.336 e. The van der Waals surface area contributed by atoms with Gasteiger partial charge in [0.2, 0.25) is 0 Å². The Morgan fingerprint density at radius 3 is 2.39 bits per heavy atom. The van der Waals surface area contributed by atoms with Crippen LogP contribution >= 0.6 is 0 Å². The van der Waals surface area contributed by atoms with Crippen LogP contribution in [0.1, 0.15) is 21.5 Å². The second-order valence-corrected chi connectivity index (χ2v) is 6.24. The Morgan fingerprint density at radius 2 is 1.68 bits per heavy atom. The molecular weight excluding hydrogens is 398 g/mol. The molecule has 3 aromatic rings. The number of ether oxygens (including phenoxy) is 1. The van der Waals surface area contributed by atoms with E-state index in [1.807, 2.05) is 30.3 Å². The second-order valence-electron chi connectivity index (χ2n) is 6.24. The van der Waals surface area contributed by atoms with Crippen LogP contribution in [0.2, 0.25) is 0 Å². The number of carbonyl (C=O) groups excluding carboxylic acids is 2. The lowest BCUT2D eigenvalue weighted by Crippen LogP contribution is -2.17. The highest BCUT2D eigenvalue weighted by molar-refractivity contribution is 5.95. The van der Waals surface area contributed by atoms with E-state index in [4.69, 9.17) is 4.74 Å². The zero-order chi connectivity index (χ0) is 22.1. The lowest BCUT2D eigenvalue weighted by molar-refractivity contribution is -0.384. The number of nitro groups is 1. The molecule has 0 saturated carbocycles. The van der Waals surface area contributed by atoms with Gasteiger partial charge in [0, 0.05) is 23.8 Å². The number of amides is 1. The van der Waals surface area contributed by atoms with Crippen LogP contribution in [0.25, 0.3) is 6.08 Å². The van der Waals surface area contributed by atoms with Crippen LogP contribution in [0.15, 0.2) is 90.0 Å². The molecule has 8 heteroatoms.